The largest absolute Gasteiger partial charge is 0.293 e. The summed E-state index contributed by atoms with van der Waals surface area (Å²) in [6.45, 7) is 1.64. The Morgan fingerprint density at radius 1 is 0.947 bits per heavy atom. The summed E-state index contributed by atoms with van der Waals surface area (Å²) in [6.07, 6.45) is 0. The Kier molecular flexibility index (Phi) is 2.56. The quantitative estimate of drug-likeness (QED) is 0.732. The van der Waals surface area contributed by atoms with Crippen LogP contribution in [0.3, 0.4) is 0 Å². The molecule has 0 amide bonds. The van der Waals surface area contributed by atoms with Crippen LogP contribution >= 0.6 is 0 Å². The van der Waals surface area contributed by atoms with Gasteiger partial charge in [-0.2, -0.15) is 0 Å². The molecular weight excluding hydrogens is 243 g/mol. The van der Waals surface area contributed by atoms with Crippen LogP contribution in [-0.2, 0) is 0 Å². The third-order valence-corrected chi connectivity index (χ3v) is 3.51. The van der Waals surface area contributed by atoms with Crippen LogP contribution in [0.5, 0.6) is 0 Å². The van der Waals surface area contributed by atoms with Gasteiger partial charge in [-0.3, -0.25) is 9.59 Å². The second-order valence-electron chi connectivity index (χ2n) is 4.72. The lowest BCUT2D eigenvalue weighted by atomic mass is 9.93. The van der Waals surface area contributed by atoms with Crippen molar-refractivity contribution < 1.29 is 14.0 Å². The monoisotopic (exact) mass is 254 g/mol. The molecule has 2 nitrogen and oxygen atoms in total. The summed E-state index contributed by atoms with van der Waals surface area (Å²) in [4.78, 5) is 24.5. The Morgan fingerprint density at radius 3 is 2.05 bits per heavy atom. The number of hydrogen-bond donors (Lipinski definition) is 0. The maximum absolute atomic E-state index is 13.6. The normalized spacial score (nSPS) is 14.8. The zero-order chi connectivity index (χ0) is 13.6. The SMILES string of the molecule is Cc1ccc(C2C(=O)c3ccccc3C2=O)cc1F. The molecule has 0 unspecified atom stereocenters. The van der Waals surface area contributed by atoms with Gasteiger partial charge in [0.25, 0.3) is 0 Å². The minimum absolute atomic E-state index is 0.246. The van der Waals surface area contributed by atoms with Crippen molar-refractivity contribution in [2.45, 2.75) is 12.8 Å². The fraction of sp³-hybridized carbons (Fsp3) is 0.125. The van der Waals surface area contributed by atoms with E-state index in [1.165, 1.54) is 6.07 Å². The van der Waals surface area contributed by atoms with E-state index in [1.807, 2.05) is 0 Å². The number of fused-ring (bicyclic) bond motifs is 1. The van der Waals surface area contributed by atoms with E-state index in [2.05, 4.69) is 0 Å². The van der Waals surface area contributed by atoms with Crippen molar-refractivity contribution in [2.75, 3.05) is 0 Å². The Morgan fingerprint density at radius 2 is 1.53 bits per heavy atom. The van der Waals surface area contributed by atoms with Crippen LogP contribution in [0.15, 0.2) is 42.5 Å². The highest BCUT2D eigenvalue weighted by atomic mass is 19.1. The van der Waals surface area contributed by atoms with Gasteiger partial charge >= 0.3 is 0 Å². The van der Waals surface area contributed by atoms with Crippen LogP contribution in [0.1, 0.15) is 37.8 Å². The highest BCUT2D eigenvalue weighted by molar-refractivity contribution is 6.29. The van der Waals surface area contributed by atoms with Crippen LogP contribution in [0.4, 0.5) is 4.39 Å². The molecule has 0 N–H and O–H groups in total. The smallest absolute Gasteiger partial charge is 0.178 e. The first-order valence-electron chi connectivity index (χ1n) is 6.03. The Balaban J connectivity index is 2.11. The van der Waals surface area contributed by atoms with Gasteiger partial charge in [0, 0.05) is 11.1 Å². The molecule has 19 heavy (non-hydrogen) atoms. The number of halogens is 1. The Labute approximate surface area is 109 Å². The molecule has 0 heterocycles. The van der Waals surface area contributed by atoms with E-state index in [4.69, 9.17) is 0 Å². The van der Waals surface area contributed by atoms with Gasteiger partial charge in [-0.1, -0.05) is 36.4 Å². The average molecular weight is 254 g/mol. The first-order valence-corrected chi connectivity index (χ1v) is 6.03. The maximum atomic E-state index is 13.6. The fourth-order valence-corrected chi connectivity index (χ4v) is 2.43. The summed E-state index contributed by atoms with van der Waals surface area (Å²) in [5.74, 6) is -1.78. The average Bonchev–Trinajstić information content (AvgIpc) is 2.66. The Hall–Kier alpha value is -2.29. The lowest BCUT2D eigenvalue weighted by molar-refractivity contribution is 0.0890. The molecule has 94 valence electrons. The third kappa shape index (κ3) is 1.70. The van der Waals surface area contributed by atoms with Crippen molar-refractivity contribution in [3.8, 4) is 0 Å². The minimum atomic E-state index is -0.896. The first-order chi connectivity index (χ1) is 9.09. The molecule has 0 atom stereocenters. The number of carbonyl (C=O) groups is 2. The molecular formula is C16H11FO2. The zero-order valence-corrected chi connectivity index (χ0v) is 10.3. The second kappa shape index (κ2) is 4.12. The first kappa shape index (κ1) is 11.8. The van der Waals surface area contributed by atoms with Crippen LogP contribution < -0.4 is 0 Å². The van der Waals surface area contributed by atoms with Crippen LogP contribution in [0, 0.1) is 12.7 Å². The molecule has 1 aliphatic rings. The van der Waals surface area contributed by atoms with Crippen molar-refractivity contribution >= 4 is 11.6 Å². The number of benzene rings is 2. The zero-order valence-electron chi connectivity index (χ0n) is 10.3. The van der Waals surface area contributed by atoms with E-state index < -0.39 is 11.7 Å². The van der Waals surface area contributed by atoms with Crippen LogP contribution in [-0.4, -0.2) is 11.6 Å². The number of rotatable bonds is 1. The highest BCUT2D eigenvalue weighted by Gasteiger charge is 2.39. The van der Waals surface area contributed by atoms with E-state index in [9.17, 15) is 14.0 Å². The summed E-state index contributed by atoms with van der Waals surface area (Å²) in [5, 5.41) is 0. The fourth-order valence-electron chi connectivity index (χ4n) is 2.43. The lowest BCUT2D eigenvalue weighted by Crippen LogP contribution is -2.13. The van der Waals surface area contributed by atoms with Crippen molar-refractivity contribution in [1.82, 2.24) is 0 Å². The predicted octanol–water partition coefficient (Wildman–Crippen LogP) is 3.30. The molecule has 3 heteroatoms. The highest BCUT2D eigenvalue weighted by Crippen LogP contribution is 2.34. The molecule has 2 aromatic carbocycles. The molecule has 2 aromatic rings. The number of aryl methyl sites for hydroxylation is 1. The van der Waals surface area contributed by atoms with Gasteiger partial charge in [0.1, 0.15) is 11.7 Å². The summed E-state index contributed by atoms with van der Waals surface area (Å²) < 4.78 is 13.6. The van der Waals surface area contributed by atoms with E-state index in [0.29, 0.717) is 22.3 Å². The molecule has 0 fully saturated rings. The molecule has 0 bridgehead atoms. The van der Waals surface area contributed by atoms with Gasteiger partial charge in [-0.05, 0) is 24.1 Å². The van der Waals surface area contributed by atoms with Gasteiger partial charge in [0.05, 0.1) is 0 Å². The molecule has 3 rings (SSSR count). The van der Waals surface area contributed by atoms with E-state index in [1.54, 1.807) is 43.3 Å². The maximum Gasteiger partial charge on any atom is 0.178 e. The van der Waals surface area contributed by atoms with E-state index in [-0.39, 0.29) is 11.6 Å². The molecule has 0 spiro atoms. The van der Waals surface area contributed by atoms with Crippen LogP contribution in [0.25, 0.3) is 0 Å². The lowest BCUT2D eigenvalue weighted by Gasteiger charge is -2.08. The predicted molar refractivity (Wildman–Crippen MR) is 69.0 cm³/mol. The van der Waals surface area contributed by atoms with Crippen molar-refractivity contribution in [3.63, 3.8) is 0 Å². The number of ketones is 2. The van der Waals surface area contributed by atoms with Crippen molar-refractivity contribution in [1.29, 1.82) is 0 Å². The minimum Gasteiger partial charge on any atom is -0.293 e. The summed E-state index contributed by atoms with van der Waals surface area (Å²) in [6, 6.07) is 11.2. The summed E-state index contributed by atoms with van der Waals surface area (Å²) >= 11 is 0. The topological polar surface area (TPSA) is 34.1 Å². The number of Topliss-reactive ketones (excluding diaryl/α,β-unsaturated/α-hetero) is 2. The van der Waals surface area contributed by atoms with Gasteiger partial charge in [-0.25, -0.2) is 4.39 Å². The van der Waals surface area contributed by atoms with E-state index >= 15 is 0 Å². The van der Waals surface area contributed by atoms with E-state index in [0.717, 1.165) is 0 Å². The van der Waals surface area contributed by atoms with Crippen molar-refractivity contribution in [2.24, 2.45) is 0 Å². The molecule has 0 saturated carbocycles. The standard InChI is InChI=1S/C16H11FO2/c1-9-6-7-10(8-13(9)17)14-15(18)11-4-2-3-5-12(11)16(14)19/h2-8,14H,1H3. The second-order valence-corrected chi connectivity index (χ2v) is 4.72. The van der Waals surface area contributed by atoms with Crippen LogP contribution in [0.2, 0.25) is 0 Å². The van der Waals surface area contributed by atoms with Gasteiger partial charge in [0.2, 0.25) is 0 Å². The molecule has 0 aliphatic heterocycles. The Bertz CT molecular complexity index is 669. The van der Waals surface area contributed by atoms with Gasteiger partial charge < -0.3 is 0 Å². The molecule has 0 saturated heterocycles. The summed E-state index contributed by atoms with van der Waals surface area (Å²) in [5.41, 5.74) is 1.78. The number of carbonyl (C=O) groups excluding carboxylic acids is 2. The third-order valence-electron chi connectivity index (χ3n) is 3.51. The van der Waals surface area contributed by atoms with Gasteiger partial charge in [0.15, 0.2) is 11.6 Å². The molecule has 0 radical (unpaired) electrons. The molecule has 1 aliphatic carbocycles. The van der Waals surface area contributed by atoms with Crippen molar-refractivity contribution in [3.05, 3.63) is 70.5 Å². The summed E-state index contributed by atoms with van der Waals surface area (Å²) in [7, 11) is 0. The van der Waals surface area contributed by atoms with Gasteiger partial charge in [-0.15, -0.1) is 0 Å². The molecule has 0 aromatic heterocycles. The number of hydrogen-bond acceptors (Lipinski definition) is 2.